The molecule has 0 fully saturated rings. The highest BCUT2D eigenvalue weighted by Gasteiger charge is 2.20. The maximum Gasteiger partial charge on any atom is 0.424 e. The SMILES string of the molecule is CSC(C)Oc1ccccc1N(NC(=O)O)C(=O)Cl. The van der Waals surface area contributed by atoms with E-state index in [2.05, 4.69) is 0 Å². The van der Waals surface area contributed by atoms with Gasteiger partial charge in [0, 0.05) is 0 Å². The lowest BCUT2D eigenvalue weighted by Gasteiger charge is -2.22. The van der Waals surface area contributed by atoms with Gasteiger partial charge in [-0.05, 0) is 36.9 Å². The molecule has 0 saturated carbocycles. The molecule has 0 aliphatic carbocycles. The van der Waals surface area contributed by atoms with Crippen molar-refractivity contribution in [1.82, 2.24) is 5.43 Å². The van der Waals surface area contributed by atoms with E-state index in [0.29, 0.717) is 10.8 Å². The van der Waals surface area contributed by atoms with Crippen LogP contribution < -0.4 is 15.2 Å². The molecule has 1 rings (SSSR count). The van der Waals surface area contributed by atoms with Gasteiger partial charge in [0.15, 0.2) is 0 Å². The molecule has 8 heteroatoms. The van der Waals surface area contributed by atoms with Crippen molar-refractivity contribution in [3.8, 4) is 5.75 Å². The summed E-state index contributed by atoms with van der Waals surface area (Å²) >= 11 is 6.83. The lowest BCUT2D eigenvalue weighted by atomic mass is 10.3. The molecular weight excluding hydrogens is 292 g/mol. The molecule has 2 N–H and O–H groups in total. The molecule has 1 aromatic carbocycles. The fourth-order valence-electron chi connectivity index (χ4n) is 1.26. The van der Waals surface area contributed by atoms with Gasteiger partial charge in [0.1, 0.15) is 16.9 Å². The first kappa shape index (κ1) is 15.5. The van der Waals surface area contributed by atoms with E-state index in [9.17, 15) is 9.59 Å². The number of hydrogen-bond acceptors (Lipinski definition) is 4. The number of ether oxygens (including phenoxy) is 1. The topological polar surface area (TPSA) is 78.9 Å². The number of nitrogens with zero attached hydrogens (tertiary/aromatic N) is 1. The van der Waals surface area contributed by atoms with Crippen LogP contribution in [0.4, 0.5) is 15.3 Å². The van der Waals surface area contributed by atoms with Crippen molar-refractivity contribution in [2.75, 3.05) is 11.3 Å². The molecule has 0 radical (unpaired) electrons. The van der Waals surface area contributed by atoms with Crippen LogP contribution in [0.2, 0.25) is 0 Å². The van der Waals surface area contributed by atoms with E-state index in [-0.39, 0.29) is 11.1 Å². The molecule has 19 heavy (non-hydrogen) atoms. The first-order valence-electron chi connectivity index (χ1n) is 5.23. The summed E-state index contributed by atoms with van der Waals surface area (Å²) in [5.41, 5.74) is 1.98. The van der Waals surface area contributed by atoms with E-state index in [0.717, 1.165) is 0 Å². The summed E-state index contributed by atoms with van der Waals surface area (Å²) in [5.74, 6) is 0.354. The van der Waals surface area contributed by atoms with Crippen molar-refractivity contribution < 1.29 is 19.4 Å². The van der Waals surface area contributed by atoms with Crippen molar-refractivity contribution in [1.29, 1.82) is 0 Å². The minimum atomic E-state index is -1.40. The molecule has 104 valence electrons. The van der Waals surface area contributed by atoms with E-state index < -0.39 is 11.5 Å². The molecule has 0 saturated heterocycles. The number of carbonyl (C=O) groups excluding carboxylic acids is 1. The van der Waals surface area contributed by atoms with Crippen molar-refractivity contribution in [2.24, 2.45) is 0 Å². The third-order valence-electron chi connectivity index (χ3n) is 2.11. The highest BCUT2D eigenvalue weighted by atomic mass is 35.5. The van der Waals surface area contributed by atoms with Gasteiger partial charge in [-0.1, -0.05) is 12.1 Å². The number of nitrogens with one attached hydrogen (secondary N) is 1. The third kappa shape index (κ3) is 4.53. The number of thioether (sulfide) groups is 1. The number of benzene rings is 1. The van der Waals surface area contributed by atoms with Crippen LogP contribution in [0.1, 0.15) is 6.92 Å². The van der Waals surface area contributed by atoms with Crippen molar-refractivity contribution in [3.63, 3.8) is 0 Å². The predicted molar refractivity (Wildman–Crippen MR) is 74.9 cm³/mol. The first-order chi connectivity index (χ1) is 8.95. The second-order valence-corrected chi connectivity index (χ2v) is 4.85. The van der Waals surface area contributed by atoms with Crippen LogP contribution in [0.15, 0.2) is 24.3 Å². The molecule has 0 spiro atoms. The molecule has 2 amide bonds. The Morgan fingerprint density at radius 3 is 2.63 bits per heavy atom. The Bertz CT molecular complexity index is 472. The molecule has 1 atom stereocenters. The van der Waals surface area contributed by atoms with Gasteiger partial charge < -0.3 is 9.84 Å². The highest BCUT2D eigenvalue weighted by Crippen LogP contribution is 2.30. The Morgan fingerprint density at radius 1 is 1.47 bits per heavy atom. The highest BCUT2D eigenvalue weighted by molar-refractivity contribution is 7.99. The quantitative estimate of drug-likeness (QED) is 0.387. The Kier molecular flexibility index (Phi) is 5.78. The molecule has 0 aliphatic rings. The number of amides is 2. The van der Waals surface area contributed by atoms with E-state index >= 15 is 0 Å². The summed E-state index contributed by atoms with van der Waals surface area (Å²) in [6, 6.07) is 6.50. The summed E-state index contributed by atoms with van der Waals surface area (Å²) < 4.78 is 5.58. The molecule has 1 aromatic rings. The number of carbonyl (C=O) groups is 2. The van der Waals surface area contributed by atoms with E-state index in [1.165, 1.54) is 17.8 Å². The Labute approximate surface area is 119 Å². The smallest absolute Gasteiger partial charge is 0.424 e. The Morgan fingerprint density at radius 2 is 2.11 bits per heavy atom. The molecule has 0 heterocycles. The Balaban J connectivity index is 3.08. The number of halogens is 1. The summed E-state index contributed by atoms with van der Waals surface area (Å²) in [6.45, 7) is 1.83. The monoisotopic (exact) mass is 304 g/mol. The Hall–Kier alpha value is -1.60. The molecule has 1 unspecified atom stereocenters. The predicted octanol–water partition coefficient (Wildman–Crippen LogP) is 3.12. The van der Waals surface area contributed by atoms with Gasteiger partial charge in [0.2, 0.25) is 0 Å². The second-order valence-electron chi connectivity index (χ2n) is 3.39. The zero-order valence-corrected chi connectivity index (χ0v) is 11.9. The average Bonchev–Trinajstić information content (AvgIpc) is 2.36. The van der Waals surface area contributed by atoms with Crippen molar-refractivity contribution >= 4 is 40.5 Å². The fourth-order valence-corrected chi connectivity index (χ4v) is 1.60. The standard InChI is InChI=1S/C11H13ClN2O4S/c1-7(19-2)18-9-6-4-3-5-8(9)14(10(12)15)13-11(16)17/h3-7,13H,1-2H3,(H,16,17). The summed E-state index contributed by atoms with van der Waals surface area (Å²) in [5, 5.41) is 8.43. The number of hydrazine groups is 1. The van der Waals surface area contributed by atoms with Crippen LogP contribution in [0, 0.1) is 0 Å². The zero-order chi connectivity index (χ0) is 14.4. The maximum atomic E-state index is 11.3. The third-order valence-corrected chi connectivity index (χ3v) is 3.04. The largest absolute Gasteiger partial charge is 0.478 e. The van der Waals surface area contributed by atoms with Gasteiger partial charge in [0.25, 0.3) is 0 Å². The van der Waals surface area contributed by atoms with Crippen molar-refractivity contribution in [2.45, 2.75) is 12.4 Å². The van der Waals surface area contributed by atoms with Gasteiger partial charge in [-0.15, -0.1) is 11.8 Å². The van der Waals surface area contributed by atoms with Crippen LogP contribution in [0.25, 0.3) is 0 Å². The van der Waals surface area contributed by atoms with E-state index in [4.69, 9.17) is 21.4 Å². The minimum absolute atomic E-state index is 0.154. The number of carboxylic acid groups (broad SMARTS) is 1. The lowest BCUT2D eigenvalue weighted by molar-refractivity contribution is 0.193. The van der Waals surface area contributed by atoms with Crippen LogP contribution in [-0.4, -0.2) is 28.3 Å². The first-order valence-corrected chi connectivity index (χ1v) is 6.90. The zero-order valence-electron chi connectivity index (χ0n) is 10.3. The number of hydrogen-bond donors (Lipinski definition) is 2. The summed E-state index contributed by atoms with van der Waals surface area (Å²) in [6.07, 6.45) is 0.467. The lowest BCUT2D eigenvalue weighted by Crippen LogP contribution is -2.43. The van der Waals surface area contributed by atoms with Crippen LogP contribution >= 0.6 is 23.4 Å². The van der Waals surface area contributed by atoms with Gasteiger partial charge in [0.05, 0.1) is 0 Å². The second kappa shape index (κ2) is 7.10. The molecule has 0 aromatic heterocycles. The number of anilines is 1. The summed E-state index contributed by atoms with van der Waals surface area (Å²) in [4.78, 5) is 22.0. The maximum absolute atomic E-state index is 11.3. The molecule has 6 nitrogen and oxygen atoms in total. The van der Waals surface area contributed by atoms with Gasteiger partial charge >= 0.3 is 11.5 Å². The van der Waals surface area contributed by atoms with Gasteiger partial charge in [-0.25, -0.2) is 15.2 Å². The minimum Gasteiger partial charge on any atom is -0.478 e. The molecule has 0 bridgehead atoms. The number of rotatable bonds is 4. The van der Waals surface area contributed by atoms with E-state index in [1.54, 1.807) is 18.2 Å². The van der Waals surface area contributed by atoms with E-state index in [1.807, 2.05) is 18.6 Å². The van der Waals surface area contributed by atoms with Crippen LogP contribution in [-0.2, 0) is 0 Å². The van der Waals surface area contributed by atoms with Crippen molar-refractivity contribution in [3.05, 3.63) is 24.3 Å². The fraction of sp³-hybridized carbons (Fsp3) is 0.273. The number of para-hydroxylation sites is 2. The normalized spacial score (nSPS) is 11.5. The molecule has 0 aliphatic heterocycles. The molecular formula is C11H13ClN2O4S. The average molecular weight is 305 g/mol. The van der Waals surface area contributed by atoms with Crippen LogP contribution in [0.5, 0.6) is 5.75 Å². The van der Waals surface area contributed by atoms with Crippen LogP contribution in [0.3, 0.4) is 0 Å². The van der Waals surface area contributed by atoms with Gasteiger partial charge in [-0.2, -0.15) is 0 Å². The van der Waals surface area contributed by atoms with Gasteiger partial charge in [-0.3, -0.25) is 4.79 Å². The summed E-state index contributed by atoms with van der Waals surface area (Å²) in [7, 11) is 0.